The molecule has 1 atom stereocenters. The van der Waals surface area contributed by atoms with Crippen molar-refractivity contribution >= 4 is 17.8 Å². The Morgan fingerprint density at radius 3 is 2.73 bits per heavy atom. The quantitative estimate of drug-likeness (QED) is 0.371. The van der Waals surface area contributed by atoms with Gasteiger partial charge in [-0.1, -0.05) is 0 Å². The molecule has 9 nitrogen and oxygen atoms in total. The molecular weight excluding hydrogens is 338 g/mol. The van der Waals surface area contributed by atoms with E-state index in [9.17, 15) is 9.59 Å². The minimum Gasteiger partial charge on any atom is -0.492 e. The van der Waals surface area contributed by atoms with Crippen LogP contribution in [0.2, 0.25) is 0 Å². The van der Waals surface area contributed by atoms with Crippen molar-refractivity contribution in [3.8, 4) is 5.75 Å². The van der Waals surface area contributed by atoms with Crippen LogP contribution < -0.4 is 26.0 Å². The maximum Gasteiger partial charge on any atom is 0.322 e. The maximum atomic E-state index is 12.0. The molecule has 0 radical (unpaired) electrons. The molecule has 0 saturated carbocycles. The number of carbonyl (C=O) groups excluding carboxylic acids is 1. The lowest BCUT2D eigenvalue weighted by Crippen LogP contribution is -2.44. The van der Waals surface area contributed by atoms with Gasteiger partial charge in [-0.25, -0.2) is 0 Å². The van der Waals surface area contributed by atoms with Gasteiger partial charge in [-0.3, -0.25) is 14.6 Å². The molecule has 1 aromatic rings. The third-order valence-electron chi connectivity index (χ3n) is 3.79. The monoisotopic (exact) mass is 363 g/mol. The molecule has 1 aliphatic heterocycles. The minimum absolute atomic E-state index is 0.00646. The summed E-state index contributed by atoms with van der Waals surface area (Å²) < 4.78 is 5.61. The Balaban J connectivity index is 1.72. The van der Waals surface area contributed by atoms with Gasteiger partial charge in [0.1, 0.15) is 18.4 Å². The summed E-state index contributed by atoms with van der Waals surface area (Å²) in [6, 6.07) is 5.87. The first-order chi connectivity index (χ1) is 12.6. The summed E-state index contributed by atoms with van der Waals surface area (Å²) in [7, 11) is 1.53. The molecule has 26 heavy (non-hydrogen) atoms. The van der Waals surface area contributed by atoms with Crippen LogP contribution in [0, 0.1) is 0 Å². The number of aliphatic imine (C=N–C) groups is 1. The molecule has 0 aromatic heterocycles. The number of nitrogens with zero attached hydrogens (tertiary/aromatic N) is 1. The smallest absolute Gasteiger partial charge is 0.322 e. The number of hydrogen-bond donors (Lipinski definition) is 5. The molecule has 9 heteroatoms. The number of nitrogens with one attached hydrogen (secondary N) is 4. The van der Waals surface area contributed by atoms with Gasteiger partial charge in [-0.2, -0.15) is 0 Å². The maximum absolute atomic E-state index is 12.0. The molecule has 5 N–H and O–H groups in total. The Bertz CT molecular complexity index is 633. The average Bonchev–Trinajstić information content (AvgIpc) is 2.66. The molecule has 0 saturated heterocycles. The Kier molecular flexibility index (Phi) is 7.69. The summed E-state index contributed by atoms with van der Waals surface area (Å²) in [5.74, 6) is 0.106. The SMILES string of the molecule is CN[C@H](CNC(=O)c1ccc(OCCNC2=NCCCN2)cc1)C(=O)O. The number of aliphatic carboxylic acids is 1. The van der Waals surface area contributed by atoms with Gasteiger partial charge in [0, 0.05) is 25.2 Å². The van der Waals surface area contributed by atoms with Gasteiger partial charge in [0.15, 0.2) is 5.96 Å². The van der Waals surface area contributed by atoms with Crippen LogP contribution in [0.15, 0.2) is 29.3 Å². The zero-order valence-corrected chi connectivity index (χ0v) is 14.7. The van der Waals surface area contributed by atoms with E-state index in [4.69, 9.17) is 9.84 Å². The van der Waals surface area contributed by atoms with Gasteiger partial charge in [0.2, 0.25) is 0 Å². The second-order valence-corrected chi connectivity index (χ2v) is 5.70. The van der Waals surface area contributed by atoms with E-state index in [2.05, 4.69) is 26.3 Å². The molecule has 0 bridgehead atoms. The lowest BCUT2D eigenvalue weighted by atomic mass is 10.2. The number of carboxylic acid groups (broad SMARTS) is 1. The molecule has 1 aromatic carbocycles. The highest BCUT2D eigenvalue weighted by Gasteiger charge is 2.16. The molecule has 1 amide bonds. The highest BCUT2D eigenvalue weighted by Crippen LogP contribution is 2.12. The third-order valence-corrected chi connectivity index (χ3v) is 3.79. The molecule has 1 aliphatic rings. The van der Waals surface area contributed by atoms with Crippen molar-refractivity contribution in [2.75, 3.05) is 39.8 Å². The summed E-state index contributed by atoms with van der Waals surface area (Å²) in [5, 5.41) is 20.5. The highest BCUT2D eigenvalue weighted by molar-refractivity contribution is 5.94. The van der Waals surface area contributed by atoms with E-state index in [1.165, 1.54) is 7.05 Å². The van der Waals surface area contributed by atoms with Gasteiger partial charge in [0.05, 0.1) is 6.54 Å². The Hall–Kier alpha value is -2.81. The fourth-order valence-electron chi connectivity index (χ4n) is 2.30. The molecule has 0 aliphatic carbocycles. The number of rotatable bonds is 9. The van der Waals surface area contributed by atoms with Gasteiger partial charge in [-0.15, -0.1) is 0 Å². The number of carbonyl (C=O) groups is 2. The molecule has 142 valence electrons. The molecule has 2 rings (SSSR count). The van der Waals surface area contributed by atoms with E-state index < -0.39 is 12.0 Å². The standard InChI is InChI=1S/C17H25N5O4/c1-18-14(16(24)25)11-22-15(23)12-3-5-13(6-4-12)26-10-9-21-17-19-7-2-8-20-17/h3-6,14,18H,2,7-11H2,1H3,(H,22,23)(H,24,25)(H2,19,20,21)/t14-/m1/s1. The Labute approximate surface area is 152 Å². The summed E-state index contributed by atoms with van der Waals surface area (Å²) in [5.41, 5.74) is 0.441. The van der Waals surface area contributed by atoms with Crippen LogP contribution in [0.4, 0.5) is 0 Å². The van der Waals surface area contributed by atoms with E-state index in [0.717, 1.165) is 25.5 Å². The van der Waals surface area contributed by atoms with Crippen molar-refractivity contribution < 1.29 is 19.4 Å². The number of likely N-dealkylation sites (N-methyl/N-ethyl adjacent to an activating group) is 1. The van der Waals surface area contributed by atoms with Gasteiger partial charge in [0.25, 0.3) is 5.91 Å². The topological polar surface area (TPSA) is 124 Å². The zero-order chi connectivity index (χ0) is 18.8. The normalized spacial score (nSPS) is 14.6. The van der Waals surface area contributed by atoms with Crippen molar-refractivity contribution in [2.45, 2.75) is 12.5 Å². The van der Waals surface area contributed by atoms with Crippen molar-refractivity contribution in [1.29, 1.82) is 0 Å². The van der Waals surface area contributed by atoms with E-state index >= 15 is 0 Å². The minimum atomic E-state index is -1.01. The predicted octanol–water partition coefficient (Wildman–Crippen LogP) is -0.593. The molecule has 0 fully saturated rings. The molecule has 0 spiro atoms. The van der Waals surface area contributed by atoms with Gasteiger partial charge < -0.3 is 31.1 Å². The number of amides is 1. The number of benzene rings is 1. The summed E-state index contributed by atoms with van der Waals surface area (Å²) in [4.78, 5) is 27.2. The van der Waals surface area contributed by atoms with Gasteiger partial charge >= 0.3 is 5.97 Å². The van der Waals surface area contributed by atoms with Crippen LogP contribution >= 0.6 is 0 Å². The average molecular weight is 363 g/mol. The van der Waals surface area contributed by atoms with Crippen LogP contribution in [-0.4, -0.2) is 68.8 Å². The number of guanidine groups is 1. The summed E-state index contributed by atoms with van der Waals surface area (Å²) in [6.07, 6.45) is 1.05. The Morgan fingerprint density at radius 1 is 1.35 bits per heavy atom. The predicted molar refractivity (Wildman–Crippen MR) is 97.7 cm³/mol. The van der Waals surface area contributed by atoms with E-state index in [1.54, 1.807) is 24.3 Å². The summed E-state index contributed by atoms with van der Waals surface area (Å²) >= 11 is 0. The van der Waals surface area contributed by atoms with Crippen molar-refractivity contribution in [3.05, 3.63) is 29.8 Å². The first kappa shape index (κ1) is 19.5. The lowest BCUT2D eigenvalue weighted by molar-refractivity contribution is -0.139. The van der Waals surface area contributed by atoms with Crippen molar-refractivity contribution in [2.24, 2.45) is 4.99 Å². The molecular formula is C17H25N5O4. The molecule has 1 heterocycles. The van der Waals surface area contributed by atoms with Gasteiger partial charge in [-0.05, 0) is 37.7 Å². The molecule has 0 unspecified atom stereocenters. The lowest BCUT2D eigenvalue weighted by Gasteiger charge is -2.16. The first-order valence-electron chi connectivity index (χ1n) is 8.53. The van der Waals surface area contributed by atoms with Crippen LogP contribution in [-0.2, 0) is 4.79 Å². The highest BCUT2D eigenvalue weighted by atomic mass is 16.5. The number of ether oxygens (including phenoxy) is 1. The van der Waals surface area contributed by atoms with Crippen LogP contribution in [0.25, 0.3) is 0 Å². The summed E-state index contributed by atoms with van der Waals surface area (Å²) in [6.45, 7) is 2.86. The number of hydrogen-bond acceptors (Lipinski definition) is 7. The van der Waals surface area contributed by atoms with E-state index in [0.29, 0.717) is 24.5 Å². The first-order valence-corrected chi connectivity index (χ1v) is 8.53. The fourth-order valence-corrected chi connectivity index (χ4v) is 2.30. The zero-order valence-electron chi connectivity index (χ0n) is 14.7. The second-order valence-electron chi connectivity index (χ2n) is 5.70. The van der Waals surface area contributed by atoms with Crippen LogP contribution in [0.5, 0.6) is 5.75 Å². The third kappa shape index (κ3) is 6.25. The number of carboxylic acids is 1. The van der Waals surface area contributed by atoms with Crippen molar-refractivity contribution in [1.82, 2.24) is 21.3 Å². The van der Waals surface area contributed by atoms with E-state index in [1.807, 2.05) is 0 Å². The fraction of sp³-hybridized carbons (Fsp3) is 0.471. The second kappa shape index (κ2) is 10.2. The van der Waals surface area contributed by atoms with E-state index in [-0.39, 0.29) is 12.5 Å². The largest absolute Gasteiger partial charge is 0.492 e. The van der Waals surface area contributed by atoms with Crippen molar-refractivity contribution in [3.63, 3.8) is 0 Å². The van der Waals surface area contributed by atoms with Crippen LogP contribution in [0.1, 0.15) is 16.8 Å². The van der Waals surface area contributed by atoms with Crippen LogP contribution in [0.3, 0.4) is 0 Å². The Morgan fingerprint density at radius 2 is 2.12 bits per heavy atom.